The van der Waals surface area contributed by atoms with Crippen LogP contribution in [0.2, 0.25) is 0 Å². The van der Waals surface area contributed by atoms with Crippen LogP contribution in [0.5, 0.6) is 11.6 Å². The molecule has 0 radical (unpaired) electrons. The number of hydrogen-bond acceptors (Lipinski definition) is 10. The van der Waals surface area contributed by atoms with Crippen molar-refractivity contribution in [3.63, 3.8) is 0 Å². The second kappa shape index (κ2) is 14.9. The Kier molecular flexibility index (Phi) is 10.4. The number of methoxy groups -OCH3 is 1. The zero-order valence-electron chi connectivity index (χ0n) is 30.5. The Labute approximate surface area is 310 Å². The van der Waals surface area contributed by atoms with Crippen molar-refractivity contribution in [1.82, 2.24) is 14.6 Å². The Balaban J connectivity index is 1.23. The quantitative estimate of drug-likeness (QED) is 0.269. The number of carbonyl (C=O) groups excluding carboxylic acids is 4. The molecule has 2 amide bonds. The lowest BCUT2D eigenvalue weighted by atomic mass is 9.86. The fraction of sp³-hybridized carbons (Fsp3) is 0.575. The van der Waals surface area contributed by atoms with Gasteiger partial charge in [0, 0.05) is 30.0 Å². The highest BCUT2D eigenvalue weighted by molar-refractivity contribution is 7.90. The summed E-state index contributed by atoms with van der Waals surface area (Å²) in [6.07, 6.45) is 11.8. The summed E-state index contributed by atoms with van der Waals surface area (Å²) in [5, 5.41) is 0.987. The molecule has 1 aromatic carbocycles. The summed E-state index contributed by atoms with van der Waals surface area (Å²) in [6, 6.07) is 4.76. The van der Waals surface area contributed by atoms with Crippen LogP contribution in [0.15, 0.2) is 43.1 Å². The number of cyclic esters (lactones) is 1. The minimum Gasteiger partial charge on any atom is -0.496 e. The van der Waals surface area contributed by atoms with E-state index in [1.54, 1.807) is 19.4 Å². The van der Waals surface area contributed by atoms with Crippen molar-refractivity contribution in [1.29, 1.82) is 0 Å². The average Bonchev–Trinajstić information content (AvgIpc) is 4.01. The molecule has 1 N–H and O–H groups in total. The van der Waals surface area contributed by atoms with Crippen LogP contribution >= 0.6 is 0 Å². The maximum atomic E-state index is 14.7. The second-order valence-corrected chi connectivity index (χ2v) is 17.7. The number of nitrogens with one attached hydrogen (secondary N) is 1. The zero-order chi connectivity index (χ0) is 37.5. The van der Waals surface area contributed by atoms with Crippen molar-refractivity contribution in [3.05, 3.63) is 48.7 Å². The first kappa shape index (κ1) is 37.1. The van der Waals surface area contributed by atoms with Gasteiger partial charge in [-0.2, -0.15) is 0 Å². The predicted octanol–water partition coefficient (Wildman–Crippen LogP) is 5.14. The van der Waals surface area contributed by atoms with Gasteiger partial charge in [0.25, 0.3) is 0 Å². The van der Waals surface area contributed by atoms with Crippen LogP contribution in [-0.4, -0.2) is 79.5 Å². The summed E-state index contributed by atoms with van der Waals surface area (Å²) < 4.78 is 45.7. The zero-order valence-corrected chi connectivity index (χ0v) is 31.3. The largest absolute Gasteiger partial charge is 0.496 e. The molecule has 1 aromatic heterocycles. The van der Waals surface area contributed by atoms with E-state index in [4.69, 9.17) is 14.2 Å². The number of fused-ring (bicyclic) bond motifs is 3. The Morgan fingerprint density at radius 2 is 1.94 bits per heavy atom. The number of sulfonamides is 1. The number of aromatic nitrogens is 1. The van der Waals surface area contributed by atoms with Gasteiger partial charge in [-0.1, -0.05) is 38.0 Å². The van der Waals surface area contributed by atoms with Crippen LogP contribution in [-0.2, 0) is 33.9 Å². The van der Waals surface area contributed by atoms with Gasteiger partial charge in [0.05, 0.1) is 49.3 Å². The molecule has 3 saturated carbocycles. The number of hydrogen-bond donors (Lipinski definition) is 1. The minimum absolute atomic E-state index is 0.0219. The van der Waals surface area contributed by atoms with Gasteiger partial charge < -0.3 is 19.1 Å². The molecular formula is C40H49N3O9S. The van der Waals surface area contributed by atoms with Crippen molar-refractivity contribution in [2.45, 2.75) is 94.9 Å². The van der Waals surface area contributed by atoms with E-state index in [9.17, 15) is 27.6 Å². The van der Waals surface area contributed by atoms with Crippen molar-refractivity contribution in [2.24, 2.45) is 29.1 Å². The summed E-state index contributed by atoms with van der Waals surface area (Å²) in [6.45, 7) is 6.10. The molecule has 12 nitrogen and oxygen atoms in total. The van der Waals surface area contributed by atoms with Gasteiger partial charge in [-0.3, -0.25) is 23.9 Å². The first-order chi connectivity index (χ1) is 25.4. The lowest BCUT2D eigenvalue weighted by Crippen LogP contribution is -2.47. The van der Waals surface area contributed by atoms with E-state index < -0.39 is 50.6 Å². The average molecular weight is 748 g/mol. The molecule has 7 rings (SSSR count). The molecule has 2 aromatic rings. The molecule has 6 atom stereocenters. The number of amides is 2. The van der Waals surface area contributed by atoms with Gasteiger partial charge in [0.2, 0.25) is 27.7 Å². The van der Waals surface area contributed by atoms with Gasteiger partial charge in [-0.15, -0.1) is 6.58 Å². The highest BCUT2D eigenvalue weighted by atomic mass is 32.2. The van der Waals surface area contributed by atoms with Crippen LogP contribution in [0.25, 0.3) is 16.8 Å². The van der Waals surface area contributed by atoms with Crippen molar-refractivity contribution < 1.29 is 41.8 Å². The van der Waals surface area contributed by atoms with Gasteiger partial charge in [-0.05, 0) is 79.9 Å². The fourth-order valence-electron chi connectivity index (χ4n) is 8.49. The van der Waals surface area contributed by atoms with E-state index in [1.807, 2.05) is 37.3 Å². The summed E-state index contributed by atoms with van der Waals surface area (Å²) >= 11 is 0. The Hall–Kier alpha value is -4.26. The third kappa shape index (κ3) is 7.72. The van der Waals surface area contributed by atoms with E-state index >= 15 is 0 Å². The highest BCUT2D eigenvalue weighted by Crippen LogP contribution is 2.57. The number of ketones is 1. The monoisotopic (exact) mass is 747 g/mol. The maximum absolute atomic E-state index is 14.7. The number of benzene rings is 1. The van der Waals surface area contributed by atoms with Gasteiger partial charge in [0.15, 0.2) is 5.78 Å². The molecule has 3 aliphatic carbocycles. The van der Waals surface area contributed by atoms with Crippen LogP contribution in [0, 0.1) is 29.1 Å². The molecule has 13 heteroatoms. The Bertz CT molecular complexity index is 1940. The lowest BCUT2D eigenvalue weighted by Gasteiger charge is -2.31. The smallest absolute Gasteiger partial charge is 0.306 e. The SMILES string of the molecule is C=C[C@H]1C[C@]1(CC(=O)[C@@H]1C[C@@H]2CN1C(=O)[C@H](C1CCCC1)CC(=O)OC[C@H](C)C/C=C/c1cc3c(nccc3cc1OC)O2)C(=O)NS(=O)(=O)C1CC1. The molecule has 4 fully saturated rings. The third-order valence-corrected chi connectivity index (χ3v) is 13.7. The van der Waals surface area contributed by atoms with E-state index in [-0.39, 0.29) is 68.3 Å². The molecule has 2 aliphatic heterocycles. The highest BCUT2D eigenvalue weighted by Gasteiger charge is 2.61. The van der Waals surface area contributed by atoms with Crippen LogP contribution < -0.4 is 14.2 Å². The number of rotatable bonds is 9. The molecule has 4 bridgehead atoms. The molecule has 0 spiro atoms. The molecule has 5 aliphatic rings. The minimum atomic E-state index is -3.84. The molecule has 53 heavy (non-hydrogen) atoms. The standard InChI is InChI=1S/C40H49N3O9S/c1-4-28-20-40(28,39(47)42-53(48,49)30-12-13-30)21-34(44)33-18-29-22-43(33)38(46)32(25-9-5-6-10-25)19-36(45)51-23-24(2)8-7-11-27-16-31-26(17-35(27)50-3)14-15-41-37(31)52-29/h4,7,11,14-17,24-25,28-30,32-33H,1,5-6,8-10,12-13,18-23H2,2-3H3,(H,42,47)/b11-7+/t24-,28+,29-,32+,33+,40-/m1/s1. The number of pyridine rings is 1. The van der Waals surface area contributed by atoms with Crippen molar-refractivity contribution in [2.75, 3.05) is 20.3 Å². The maximum Gasteiger partial charge on any atom is 0.306 e. The van der Waals surface area contributed by atoms with E-state index in [0.717, 1.165) is 42.0 Å². The first-order valence-electron chi connectivity index (χ1n) is 18.9. The Morgan fingerprint density at radius 3 is 2.64 bits per heavy atom. The third-order valence-electron chi connectivity index (χ3n) is 11.9. The van der Waals surface area contributed by atoms with Crippen molar-refractivity contribution in [3.8, 4) is 11.6 Å². The molecular weight excluding hydrogens is 699 g/mol. The van der Waals surface area contributed by atoms with Gasteiger partial charge in [-0.25, -0.2) is 13.4 Å². The topological polar surface area (TPSA) is 158 Å². The number of nitrogens with zero attached hydrogens (tertiary/aromatic N) is 2. The van der Waals surface area contributed by atoms with E-state index in [0.29, 0.717) is 30.9 Å². The van der Waals surface area contributed by atoms with Gasteiger partial charge >= 0.3 is 5.97 Å². The number of ether oxygens (including phenoxy) is 3. The van der Waals surface area contributed by atoms with E-state index in [1.165, 1.54) is 4.90 Å². The number of allylic oxidation sites excluding steroid dienone is 2. The summed E-state index contributed by atoms with van der Waals surface area (Å²) in [4.78, 5) is 62.2. The second-order valence-electron chi connectivity index (χ2n) is 15.7. The normalized spacial score (nSPS) is 30.2. The number of esters is 1. The lowest BCUT2D eigenvalue weighted by molar-refractivity contribution is -0.152. The van der Waals surface area contributed by atoms with Gasteiger partial charge in [0.1, 0.15) is 11.9 Å². The number of Topliss-reactive ketones (excluding diaryl/α,β-unsaturated/α-hetero) is 1. The molecule has 284 valence electrons. The first-order valence-corrected chi connectivity index (χ1v) is 20.4. The van der Waals surface area contributed by atoms with Crippen LogP contribution in [0.4, 0.5) is 0 Å². The summed E-state index contributed by atoms with van der Waals surface area (Å²) in [5.41, 5.74) is -0.459. The Morgan fingerprint density at radius 1 is 1.17 bits per heavy atom. The predicted molar refractivity (Wildman–Crippen MR) is 197 cm³/mol. The van der Waals surface area contributed by atoms with Crippen LogP contribution in [0.1, 0.15) is 83.1 Å². The van der Waals surface area contributed by atoms with Crippen LogP contribution in [0.3, 0.4) is 0 Å². The van der Waals surface area contributed by atoms with E-state index in [2.05, 4.69) is 16.3 Å². The molecule has 0 unspecified atom stereocenters. The fourth-order valence-corrected chi connectivity index (χ4v) is 9.87. The summed E-state index contributed by atoms with van der Waals surface area (Å²) in [7, 11) is -2.23. The molecule has 1 saturated heterocycles. The number of carbonyl (C=O) groups is 4. The summed E-state index contributed by atoms with van der Waals surface area (Å²) in [5.74, 6) is -1.88. The van der Waals surface area contributed by atoms with Crippen molar-refractivity contribution >= 4 is 50.4 Å². The molecule has 3 heterocycles.